The van der Waals surface area contributed by atoms with Crippen molar-refractivity contribution in [3.63, 3.8) is 0 Å². The van der Waals surface area contributed by atoms with Crippen molar-refractivity contribution in [2.45, 2.75) is 24.5 Å². The minimum absolute atomic E-state index is 0.152. The zero-order chi connectivity index (χ0) is 14.7. The van der Waals surface area contributed by atoms with Crippen molar-refractivity contribution in [3.05, 3.63) is 30.1 Å². The normalized spacial score (nSPS) is 23.2. The van der Waals surface area contributed by atoms with Gasteiger partial charge in [-0.15, -0.1) is 11.8 Å². The maximum atomic E-state index is 13.8. The van der Waals surface area contributed by atoms with E-state index in [9.17, 15) is 9.18 Å². The third-order valence-corrected chi connectivity index (χ3v) is 5.60. The first-order chi connectivity index (χ1) is 10.3. The van der Waals surface area contributed by atoms with Crippen LogP contribution in [0.25, 0.3) is 0 Å². The lowest BCUT2D eigenvalue weighted by Crippen LogP contribution is -2.51. The molecule has 2 fully saturated rings. The zero-order valence-electron chi connectivity index (χ0n) is 12.1. The molecule has 1 aromatic rings. The van der Waals surface area contributed by atoms with Gasteiger partial charge in [-0.25, -0.2) is 4.39 Å². The molecule has 3 nitrogen and oxygen atoms in total. The van der Waals surface area contributed by atoms with E-state index >= 15 is 0 Å². The average molecular weight is 308 g/mol. The Morgan fingerprint density at radius 1 is 1.14 bits per heavy atom. The molecule has 0 aromatic heterocycles. The summed E-state index contributed by atoms with van der Waals surface area (Å²) in [6, 6.07) is 6.86. The van der Waals surface area contributed by atoms with Crippen LogP contribution in [0.5, 0.6) is 0 Å². The molecule has 0 bridgehead atoms. The van der Waals surface area contributed by atoms with Crippen molar-refractivity contribution >= 4 is 23.4 Å². The Balaban J connectivity index is 1.57. The summed E-state index contributed by atoms with van der Waals surface area (Å²) in [7, 11) is 0. The Kier molecular flexibility index (Phi) is 4.68. The molecule has 3 rings (SSSR count). The fraction of sp³-hybridized carbons (Fsp3) is 0.562. The van der Waals surface area contributed by atoms with Gasteiger partial charge in [0.1, 0.15) is 5.82 Å². The molecule has 21 heavy (non-hydrogen) atoms. The Morgan fingerprint density at radius 3 is 2.57 bits per heavy atom. The number of carbonyl (C=O) groups excluding carboxylic acids is 1. The highest BCUT2D eigenvalue weighted by molar-refractivity contribution is 8.00. The van der Waals surface area contributed by atoms with Crippen LogP contribution in [-0.2, 0) is 4.79 Å². The number of hydrogen-bond donors (Lipinski definition) is 0. The van der Waals surface area contributed by atoms with Gasteiger partial charge in [0.15, 0.2) is 0 Å². The fourth-order valence-electron chi connectivity index (χ4n) is 3.02. The predicted octanol–water partition coefficient (Wildman–Crippen LogP) is 2.76. The lowest BCUT2D eigenvalue weighted by Gasteiger charge is -2.38. The van der Waals surface area contributed by atoms with E-state index in [-0.39, 0.29) is 17.0 Å². The summed E-state index contributed by atoms with van der Waals surface area (Å²) in [6.07, 6.45) is 3.41. The highest BCUT2D eigenvalue weighted by Gasteiger charge is 2.29. The summed E-state index contributed by atoms with van der Waals surface area (Å²) in [6.45, 7) is 2.82. The van der Waals surface area contributed by atoms with Crippen LogP contribution >= 0.6 is 11.8 Å². The number of para-hydroxylation sites is 1. The number of amides is 1. The summed E-state index contributed by atoms with van der Waals surface area (Å²) >= 11 is 1.80. The van der Waals surface area contributed by atoms with Crippen LogP contribution in [0, 0.1) is 5.82 Å². The van der Waals surface area contributed by atoms with Crippen LogP contribution in [0.3, 0.4) is 0 Å². The molecule has 0 aliphatic carbocycles. The highest BCUT2D eigenvalue weighted by atomic mass is 32.2. The van der Waals surface area contributed by atoms with Gasteiger partial charge in [-0.3, -0.25) is 4.79 Å². The van der Waals surface area contributed by atoms with Crippen LogP contribution in [0.1, 0.15) is 19.3 Å². The third-order valence-electron chi connectivity index (χ3n) is 4.24. The highest BCUT2D eigenvalue weighted by Crippen LogP contribution is 2.27. The SMILES string of the molecule is O=C(C1CCCCS1)N1CCN(c2ccccc2F)CC1. The quantitative estimate of drug-likeness (QED) is 0.839. The molecule has 0 spiro atoms. The second-order valence-electron chi connectivity index (χ2n) is 5.62. The number of nitrogens with zero attached hydrogens (tertiary/aromatic N) is 2. The van der Waals surface area contributed by atoms with Crippen molar-refractivity contribution < 1.29 is 9.18 Å². The van der Waals surface area contributed by atoms with Crippen molar-refractivity contribution in [1.82, 2.24) is 4.90 Å². The standard InChI is InChI=1S/C16H21FN2OS/c17-13-5-1-2-6-14(13)18-8-10-19(11-9-18)16(20)15-7-3-4-12-21-15/h1-2,5-6,15H,3-4,7-12H2. The van der Waals surface area contributed by atoms with E-state index in [2.05, 4.69) is 0 Å². The summed E-state index contributed by atoms with van der Waals surface area (Å²) < 4.78 is 13.8. The van der Waals surface area contributed by atoms with E-state index in [0.29, 0.717) is 31.9 Å². The number of hydrogen-bond acceptors (Lipinski definition) is 3. The number of thioether (sulfide) groups is 1. The molecule has 1 amide bonds. The second-order valence-corrected chi connectivity index (χ2v) is 6.93. The molecule has 114 valence electrons. The number of benzene rings is 1. The van der Waals surface area contributed by atoms with Crippen LogP contribution in [0.2, 0.25) is 0 Å². The number of anilines is 1. The zero-order valence-corrected chi connectivity index (χ0v) is 12.9. The molecule has 1 unspecified atom stereocenters. The van der Waals surface area contributed by atoms with E-state index in [4.69, 9.17) is 0 Å². The number of halogens is 1. The minimum atomic E-state index is -0.180. The summed E-state index contributed by atoms with van der Waals surface area (Å²) in [5, 5.41) is 0.152. The Bertz CT molecular complexity index is 497. The summed E-state index contributed by atoms with van der Waals surface area (Å²) in [4.78, 5) is 16.5. The van der Waals surface area contributed by atoms with Crippen molar-refractivity contribution in [2.75, 3.05) is 36.8 Å². The first kappa shape index (κ1) is 14.7. The molecule has 1 aromatic carbocycles. The monoisotopic (exact) mass is 308 g/mol. The molecule has 2 aliphatic rings. The van der Waals surface area contributed by atoms with Gasteiger partial charge in [-0.1, -0.05) is 18.6 Å². The fourth-order valence-corrected chi connectivity index (χ4v) is 4.30. The van der Waals surface area contributed by atoms with Gasteiger partial charge in [0.05, 0.1) is 10.9 Å². The molecule has 0 saturated carbocycles. The van der Waals surface area contributed by atoms with E-state index < -0.39 is 0 Å². The maximum absolute atomic E-state index is 13.8. The second kappa shape index (κ2) is 6.69. The molecular formula is C16H21FN2OS. The van der Waals surface area contributed by atoms with Gasteiger partial charge in [-0.05, 0) is 30.7 Å². The topological polar surface area (TPSA) is 23.6 Å². The number of piperazine rings is 1. The van der Waals surface area contributed by atoms with Crippen molar-refractivity contribution in [3.8, 4) is 0 Å². The lowest BCUT2D eigenvalue weighted by atomic mass is 10.1. The number of carbonyl (C=O) groups is 1. The van der Waals surface area contributed by atoms with Gasteiger partial charge in [0, 0.05) is 26.2 Å². The van der Waals surface area contributed by atoms with E-state index in [0.717, 1.165) is 12.2 Å². The molecule has 2 saturated heterocycles. The van der Waals surface area contributed by atoms with Crippen LogP contribution < -0.4 is 4.90 Å². The van der Waals surface area contributed by atoms with Gasteiger partial charge >= 0.3 is 0 Å². The molecule has 5 heteroatoms. The first-order valence-electron chi connectivity index (χ1n) is 7.65. The summed E-state index contributed by atoms with van der Waals surface area (Å²) in [5.41, 5.74) is 0.650. The Hall–Kier alpha value is -1.23. The summed E-state index contributed by atoms with van der Waals surface area (Å²) in [5.74, 6) is 1.21. The van der Waals surface area contributed by atoms with E-state index in [1.165, 1.54) is 18.9 Å². The third kappa shape index (κ3) is 3.34. The minimum Gasteiger partial charge on any atom is -0.366 e. The van der Waals surface area contributed by atoms with E-state index in [1.54, 1.807) is 17.8 Å². The van der Waals surface area contributed by atoms with Crippen molar-refractivity contribution in [1.29, 1.82) is 0 Å². The van der Waals surface area contributed by atoms with Crippen LogP contribution in [-0.4, -0.2) is 48.0 Å². The molecule has 0 N–H and O–H groups in total. The first-order valence-corrected chi connectivity index (χ1v) is 8.70. The number of rotatable bonds is 2. The van der Waals surface area contributed by atoms with Gasteiger partial charge in [-0.2, -0.15) is 0 Å². The van der Waals surface area contributed by atoms with E-state index in [1.807, 2.05) is 21.9 Å². The van der Waals surface area contributed by atoms with Crippen molar-refractivity contribution in [2.24, 2.45) is 0 Å². The molecular weight excluding hydrogens is 287 g/mol. The van der Waals surface area contributed by atoms with Gasteiger partial charge < -0.3 is 9.80 Å². The molecule has 1 atom stereocenters. The predicted molar refractivity (Wildman–Crippen MR) is 85.3 cm³/mol. The van der Waals surface area contributed by atoms with Crippen LogP contribution in [0.4, 0.5) is 10.1 Å². The maximum Gasteiger partial charge on any atom is 0.235 e. The van der Waals surface area contributed by atoms with Gasteiger partial charge in [0.2, 0.25) is 5.91 Å². The van der Waals surface area contributed by atoms with Crippen LogP contribution in [0.15, 0.2) is 24.3 Å². The average Bonchev–Trinajstić information content (AvgIpc) is 2.56. The molecule has 2 heterocycles. The lowest BCUT2D eigenvalue weighted by molar-refractivity contribution is -0.131. The Morgan fingerprint density at radius 2 is 1.90 bits per heavy atom. The van der Waals surface area contributed by atoms with Gasteiger partial charge in [0.25, 0.3) is 0 Å². The molecule has 0 radical (unpaired) electrons. The largest absolute Gasteiger partial charge is 0.366 e. The Labute approximate surface area is 129 Å². The molecule has 2 aliphatic heterocycles. The smallest absolute Gasteiger partial charge is 0.235 e.